The lowest BCUT2D eigenvalue weighted by Crippen LogP contribution is -2.28. The fourth-order valence-electron chi connectivity index (χ4n) is 2.32. The predicted molar refractivity (Wildman–Crippen MR) is 76.3 cm³/mol. The molecule has 4 nitrogen and oxygen atoms in total. The maximum absolute atomic E-state index is 12.0. The number of amides is 1. The number of anilines is 1. The number of nitrogens with two attached hydrogens (primary N) is 1. The number of aliphatic hydroxyl groups is 1. The monoisotopic (exact) mass is 260 g/mol. The van der Waals surface area contributed by atoms with Crippen molar-refractivity contribution < 1.29 is 9.90 Å². The molecule has 1 amide bonds. The van der Waals surface area contributed by atoms with Crippen molar-refractivity contribution in [2.24, 2.45) is 5.92 Å². The molecule has 0 aromatic heterocycles. The summed E-state index contributed by atoms with van der Waals surface area (Å²) in [6, 6.07) is 7.40. The Bertz CT molecular complexity index is 483. The van der Waals surface area contributed by atoms with Gasteiger partial charge in [-0.1, -0.05) is 12.1 Å². The second kappa shape index (κ2) is 5.89. The van der Waals surface area contributed by atoms with Crippen molar-refractivity contribution in [2.45, 2.75) is 19.4 Å². The minimum Gasteiger partial charge on any atom is -0.399 e. The first-order chi connectivity index (χ1) is 9.06. The number of nitrogen functional groups attached to an aromatic ring is 1. The Morgan fingerprint density at radius 2 is 2.37 bits per heavy atom. The highest BCUT2D eigenvalue weighted by Crippen LogP contribution is 2.20. The predicted octanol–water partition coefficient (Wildman–Crippen LogP) is 1.51. The molecule has 1 aliphatic rings. The average molecular weight is 260 g/mol. The van der Waals surface area contributed by atoms with Gasteiger partial charge < -0.3 is 15.7 Å². The molecule has 4 heteroatoms. The van der Waals surface area contributed by atoms with Gasteiger partial charge in [0, 0.05) is 30.8 Å². The summed E-state index contributed by atoms with van der Waals surface area (Å²) in [5.74, 6) is 0.190. The van der Waals surface area contributed by atoms with Gasteiger partial charge in [0.2, 0.25) is 5.91 Å². The highest BCUT2D eigenvalue weighted by Gasteiger charge is 2.27. The van der Waals surface area contributed by atoms with Gasteiger partial charge in [0.1, 0.15) is 0 Å². The number of carbonyl (C=O) groups excluding carboxylic acids is 1. The van der Waals surface area contributed by atoms with Crippen LogP contribution in [0.2, 0.25) is 0 Å². The van der Waals surface area contributed by atoms with E-state index in [9.17, 15) is 9.90 Å². The van der Waals surface area contributed by atoms with E-state index < -0.39 is 0 Å². The molecule has 1 aromatic rings. The second-order valence-corrected chi connectivity index (χ2v) is 5.08. The van der Waals surface area contributed by atoms with Gasteiger partial charge in [0.05, 0.1) is 6.10 Å². The standard InChI is InChI=1S/C15H20N2O2/c1-11(18)13-7-8-17(10-13)15(19)6-5-12-3-2-4-14(16)9-12/h2-6,9,11,13,18H,7-8,10,16H2,1H3/b6-5+. The minimum absolute atomic E-state index is 0.00873. The smallest absolute Gasteiger partial charge is 0.246 e. The molecule has 2 rings (SSSR count). The van der Waals surface area contributed by atoms with Crippen molar-refractivity contribution in [2.75, 3.05) is 18.8 Å². The molecule has 0 aliphatic carbocycles. The largest absolute Gasteiger partial charge is 0.399 e. The highest BCUT2D eigenvalue weighted by molar-refractivity contribution is 5.92. The lowest BCUT2D eigenvalue weighted by molar-refractivity contribution is -0.125. The third kappa shape index (κ3) is 3.58. The number of benzene rings is 1. The fourth-order valence-corrected chi connectivity index (χ4v) is 2.32. The Labute approximate surface area is 113 Å². The number of hydrogen-bond acceptors (Lipinski definition) is 3. The van der Waals surface area contributed by atoms with Crippen LogP contribution in [0.4, 0.5) is 5.69 Å². The molecule has 1 saturated heterocycles. The lowest BCUT2D eigenvalue weighted by atomic mass is 10.0. The maximum atomic E-state index is 12.0. The molecule has 102 valence electrons. The van der Waals surface area contributed by atoms with E-state index in [2.05, 4.69) is 0 Å². The van der Waals surface area contributed by atoms with Crippen LogP contribution >= 0.6 is 0 Å². The van der Waals surface area contributed by atoms with E-state index in [0.29, 0.717) is 12.2 Å². The number of hydrogen-bond donors (Lipinski definition) is 2. The van der Waals surface area contributed by atoms with Crippen LogP contribution in [-0.4, -0.2) is 35.1 Å². The van der Waals surface area contributed by atoms with Crippen molar-refractivity contribution >= 4 is 17.7 Å². The number of aliphatic hydroxyl groups excluding tert-OH is 1. The first-order valence-corrected chi connectivity index (χ1v) is 6.57. The van der Waals surface area contributed by atoms with Crippen LogP contribution in [-0.2, 0) is 4.79 Å². The Hall–Kier alpha value is -1.81. The minimum atomic E-state index is -0.351. The molecular weight excluding hydrogens is 240 g/mol. The zero-order valence-electron chi connectivity index (χ0n) is 11.1. The molecule has 3 N–H and O–H groups in total. The Kier molecular flexibility index (Phi) is 4.22. The van der Waals surface area contributed by atoms with Gasteiger partial charge in [0.15, 0.2) is 0 Å². The molecule has 0 radical (unpaired) electrons. The average Bonchev–Trinajstić information content (AvgIpc) is 2.86. The number of carbonyl (C=O) groups is 1. The van der Waals surface area contributed by atoms with E-state index in [-0.39, 0.29) is 17.9 Å². The maximum Gasteiger partial charge on any atom is 0.246 e. The van der Waals surface area contributed by atoms with E-state index >= 15 is 0 Å². The van der Waals surface area contributed by atoms with Crippen LogP contribution in [0.5, 0.6) is 0 Å². The topological polar surface area (TPSA) is 66.6 Å². The molecule has 1 heterocycles. The zero-order chi connectivity index (χ0) is 13.8. The molecule has 1 fully saturated rings. The van der Waals surface area contributed by atoms with Crippen molar-refractivity contribution in [1.82, 2.24) is 4.90 Å². The lowest BCUT2D eigenvalue weighted by Gasteiger charge is -2.15. The molecule has 0 saturated carbocycles. The molecule has 0 bridgehead atoms. The van der Waals surface area contributed by atoms with Gasteiger partial charge in [-0.3, -0.25) is 4.79 Å². The van der Waals surface area contributed by atoms with E-state index in [4.69, 9.17) is 5.73 Å². The summed E-state index contributed by atoms with van der Waals surface area (Å²) in [5.41, 5.74) is 7.28. The summed E-state index contributed by atoms with van der Waals surface area (Å²) in [6.07, 6.45) is 3.86. The summed E-state index contributed by atoms with van der Waals surface area (Å²) < 4.78 is 0. The second-order valence-electron chi connectivity index (χ2n) is 5.08. The van der Waals surface area contributed by atoms with E-state index in [1.165, 1.54) is 0 Å². The van der Waals surface area contributed by atoms with Gasteiger partial charge >= 0.3 is 0 Å². The van der Waals surface area contributed by atoms with Crippen LogP contribution in [0.25, 0.3) is 6.08 Å². The first-order valence-electron chi connectivity index (χ1n) is 6.57. The fraction of sp³-hybridized carbons (Fsp3) is 0.400. The normalized spacial score (nSPS) is 20.9. The molecule has 0 spiro atoms. The van der Waals surface area contributed by atoms with Crippen LogP contribution in [0.15, 0.2) is 30.3 Å². The molecule has 19 heavy (non-hydrogen) atoms. The number of nitrogens with zero attached hydrogens (tertiary/aromatic N) is 1. The van der Waals surface area contributed by atoms with Gasteiger partial charge in [-0.25, -0.2) is 0 Å². The first kappa shape index (κ1) is 13.6. The van der Waals surface area contributed by atoms with Crippen molar-refractivity contribution in [3.63, 3.8) is 0 Å². The van der Waals surface area contributed by atoms with Gasteiger partial charge in [-0.05, 0) is 37.1 Å². The third-order valence-electron chi connectivity index (χ3n) is 3.55. The number of rotatable bonds is 3. The molecule has 2 unspecified atom stereocenters. The summed E-state index contributed by atoms with van der Waals surface area (Å²) in [6.45, 7) is 3.13. The summed E-state index contributed by atoms with van der Waals surface area (Å²) >= 11 is 0. The van der Waals surface area contributed by atoms with E-state index in [1.54, 1.807) is 24.0 Å². The van der Waals surface area contributed by atoms with Crippen LogP contribution < -0.4 is 5.73 Å². The van der Waals surface area contributed by atoms with Crippen molar-refractivity contribution in [1.29, 1.82) is 0 Å². The molecular formula is C15H20N2O2. The summed E-state index contributed by atoms with van der Waals surface area (Å²) in [5, 5.41) is 9.52. The van der Waals surface area contributed by atoms with Gasteiger partial charge in [0.25, 0.3) is 0 Å². The summed E-state index contributed by atoms with van der Waals surface area (Å²) in [7, 11) is 0. The van der Waals surface area contributed by atoms with Crippen molar-refractivity contribution in [3.8, 4) is 0 Å². The van der Waals surface area contributed by atoms with Crippen molar-refractivity contribution in [3.05, 3.63) is 35.9 Å². The molecule has 2 atom stereocenters. The number of likely N-dealkylation sites (tertiary alicyclic amines) is 1. The quantitative estimate of drug-likeness (QED) is 0.639. The highest BCUT2D eigenvalue weighted by atomic mass is 16.3. The van der Waals surface area contributed by atoms with E-state index in [1.807, 2.05) is 24.3 Å². The summed E-state index contributed by atoms with van der Waals surface area (Å²) in [4.78, 5) is 13.8. The molecule has 1 aromatic carbocycles. The van der Waals surface area contributed by atoms with Gasteiger partial charge in [-0.2, -0.15) is 0 Å². The van der Waals surface area contributed by atoms with E-state index in [0.717, 1.165) is 18.5 Å². The third-order valence-corrected chi connectivity index (χ3v) is 3.55. The zero-order valence-corrected chi connectivity index (χ0v) is 11.1. The van der Waals surface area contributed by atoms with Crippen LogP contribution in [0.1, 0.15) is 18.9 Å². The Morgan fingerprint density at radius 3 is 3.00 bits per heavy atom. The Morgan fingerprint density at radius 1 is 1.58 bits per heavy atom. The SMILES string of the molecule is CC(O)C1CCN(C(=O)/C=C/c2cccc(N)c2)C1. The Balaban J connectivity index is 1.95. The molecule has 1 aliphatic heterocycles. The van der Waals surface area contributed by atoms with Crippen LogP contribution in [0, 0.1) is 5.92 Å². The van der Waals surface area contributed by atoms with Crippen LogP contribution in [0.3, 0.4) is 0 Å². The van der Waals surface area contributed by atoms with Gasteiger partial charge in [-0.15, -0.1) is 0 Å².